The number of carbonyl (C=O) groups excluding carboxylic acids is 1. The van der Waals surface area contributed by atoms with E-state index in [-0.39, 0.29) is 11.6 Å². The predicted octanol–water partition coefficient (Wildman–Crippen LogP) is 1.73. The van der Waals surface area contributed by atoms with Crippen molar-refractivity contribution in [2.45, 2.75) is 44.6 Å². The van der Waals surface area contributed by atoms with Crippen molar-refractivity contribution in [3.05, 3.63) is 0 Å². The Bertz CT molecular complexity index is 205. The standard InChI is InChI=1S/C10H18N2O/c1-10(5-4-6-10)11-9(13)12-7-2-3-8-12/h2-8H2,1H3,(H,11,13). The van der Waals surface area contributed by atoms with E-state index in [1.165, 1.54) is 19.3 Å². The Kier molecular flexibility index (Phi) is 2.18. The SMILES string of the molecule is CC1(NC(=O)N2CCCC2)CCC1. The summed E-state index contributed by atoms with van der Waals surface area (Å²) in [7, 11) is 0. The van der Waals surface area contributed by atoms with E-state index in [9.17, 15) is 4.79 Å². The van der Waals surface area contributed by atoms with E-state index in [1.807, 2.05) is 4.90 Å². The highest BCUT2D eigenvalue weighted by molar-refractivity contribution is 5.75. The highest BCUT2D eigenvalue weighted by Gasteiger charge is 2.34. The van der Waals surface area contributed by atoms with Gasteiger partial charge in [0.25, 0.3) is 0 Å². The average Bonchev–Trinajstić information content (AvgIpc) is 2.53. The molecule has 1 N–H and O–H groups in total. The van der Waals surface area contributed by atoms with Crippen LogP contribution in [-0.2, 0) is 0 Å². The Morgan fingerprint density at radius 1 is 1.23 bits per heavy atom. The number of rotatable bonds is 1. The summed E-state index contributed by atoms with van der Waals surface area (Å²) in [4.78, 5) is 13.6. The summed E-state index contributed by atoms with van der Waals surface area (Å²) in [5.41, 5.74) is 0.111. The van der Waals surface area contributed by atoms with E-state index >= 15 is 0 Å². The van der Waals surface area contributed by atoms with Crippen LogP contribution in [0, 0.1) is 0 Å². The Balaban J connectivity index is 1.83. The second kappa shape index (κ2) is 3.20. The molecule has 1 saturated heterocycles. The van der Waals surface area contributed by atoms with Crippen LogP contribution in [0.2, 0.25) is 0 Å². The van der Waals surface area contributed by atoms with Crippen LogP contribution in [0.25, 0.3) is 0 Å². The quantitative estimate of drug-likeness (QED) is 0.658. The van der Waals surface area contributed by atoms with Gasteiger partial charge in [0.2, 0.25) is 0 Å². The smallest absolute Gasteiger partial charge is 0.317 e. The van der Waals surface area contributed by atoms with Gasteiger partial charge in [-0.3, -0.25) is 0 Å². The maximum absolute atomic E-state index is 11.7. The molecule has 1 aliphatic carbocycles. The first-order chi connectivity index (χ1) is 6.20. The molecule has 2 rings (SSSR count). The fraction of sp³-hybridized carbons (Fsp3) is 0.900. The van der Waals surface area contributed by atoms with E-state index in [4.69, 9.17) is 0 Å². The lowest BCUT2D eigenvalue weighted by atomic mass is 9.79. The molecule has 3 nitrogen and oxygen atoms in total. The molecule has 1 heterocycles. The number of amides is 2. The molecule has 1 aliphatic heterocycles. The lowest BCUT2D eigenvalue weighted by Gasteiger charge is -2.40. The molecule has 0 atom stereocenters. The van der Waals surface area contributed by atoms with Gasteiger partial charge in [-0.2, -0.15) is 0 Å². The van der Waals surface area contributed by atoms with Crippen LogP contribution in [-0.4, -0.2) is 29.6 Å². The van der Waals surface area contributed by atoms with Crippen molar-refractivity contribution < 1.29 is 4.79 Å². The van der Waals surface area contributed by atoms with Crippen molar-refractivity contribution in [2.24, 2.45) is 0 Å². The molecule has 0 aromatic rings. The van der Waals surface area contributed by atoms with Crippen LogP contribution in [0.4, 0.5) is 4.79 Å². The minimum absolute atomic E-state index is 0.111. The third-order valence-electron chi connectivity index (χ3n) is 3.26. The van der Waals surface area contributed by atoms with Gasteiger partial charge in [-0.15, -0.1) is 0 Å². The number of likely N-dealkylation sites (tertiary alicyclic amines) is 1. The van der Waals surface area contributed by atoms with Crippen LogP contribution in [0.3, 0.4) is 0 Å². The van der Waals surface area contributed by atoms with Crippen molar-refractivity contribution in [2.75, 3.05) is 13.1 Å². The van der Waals surface area contributed by atoms with E-state index in [0.717, 1.165) is 25.9 Å². The molecular weight excluding hydrogens is 164 g/mol. The van der Waals surface area contributed by atoms with Crippen LogP contribution >= 0.6 is 0 Å². The molecule has 1 saturated carbocycles. The molecular formula is C10H18N2O. The highest BCUT2D eigenvalue weighted by Crippen LogP contribution is 2.31. The van der Waals surface area contributed by atoms with E-state index in [0.29, 0.717) is 0 Å². The van der Waals surface area contributed by atoms with Crippen molar-refractivity contribution in [1.29, 1.82) is 0 Å². The van der Waals surface area contributed by atoms with Crippen LogP contribution in [0.5, 0.6) is 0 Å². The van der Waals surface area contributed by atoms with Gasteiger partial charge in [0.15, 0.2) is 0 Å². The number of nitrogens with one attached hydrogen (secondary N) is 1. The van der Waals surface area contributed by atoms with Crippen LogP contribution in [0.1, 0.15) is 39.0 Å². The molecule has 0 bridgehead atoms. The Labute approximate surface area is 79.5 Å². The van der Waals surface area contributed by atoms with Gasteiger partial charge in [-0.25, -0.2) is 4.79 Å². The molecule has 0 unspecified atom stereocenters. The Morgan fingerprint density at radius 3 is 2.31 bits per heavy atom. The summed E-state index contributed by atoms with van der Waals surface area (Å²) in [6.07, 6.45) is 5.89. The van der Waals surface area contributed by atoms with E-state index in [1.54, 1.807) is 0 Å². The van der Waals surface area contributed by atoms with Gasteiger partial charge in [0.05, 0.1) is 0 Å². The molecule has 3 heteroatoms. The predicted molar refractivity (Wildman–Crippen MR) is 51.6 cm³/mol. The zero-order chi connectivity index (χ0) is 9.31. The monoisotopic (exact) mass is 182 g/mol. The minimum atomic E-state index is 0.111. The molecule has 0 radical (unpaired) electrons. The minimum Gasteiger partial charge on any atom is -0.333 e. The third-order valence-corrected chi connectivity index (χ3v) is 3.26. The summed E-state index contributed by atoms with van der Waals surface area (Å²) >= 11 is 0. The van der Waals surface area contributed by atoms with E-state index in [2.05, 4.69) is 12.2 Å². The lowest BCUT2D eigenvalue weighted by molar-refractivity contribution is 0.167. The zero-order valence-corrected chi connectivity index (χ0v) is 8.31. The first-order valence-corrected chi connectivity index (χ1v) is 5.27. The molecule has 0 aromatic heterocycles. The van der Waals surface area contributed by atoms with Gasteiger partial charge in [0, 0.05) is 18.6 Å². The molecule has 2 aliphatic rings. The van der Waals surface area contributed by atoms with Crippen molar-refractivity contribution in [3.8, 4) is 0 Å². The first kappa shape index (κ1) is 8.85. The number of hydrogen-bond acceptors (Lipinski definition) is 1. The first-order valence-electron chi connectivity index (χ1n) is 5.27. The lowest BCUT2D eigenvalue weighted by Crippen LogP contribution is -2.54. The Morgan fingerprint density at radius 2 is 1.85 bits per heavy atom. The molecule has 13 heavy (non-hydrogen) atoms. The van der Waals surface area contributed by atoms with Gasteiger partial charge in [-0.1, -0.05) is 0 Å². The second-order valence-corrected chi connectivity index (χ2v) is 4.54. The average molecular weight is 182 g/mol. The summed E-state index contributed by atoms with van der Waals surface area (Å²) < 4.78 is 0. The number of nitrogens with zero attached hydrogens (tertiary/aromatic N) is 1. The van der Waals surface area contributed by atoms with Crippen molar-refractivity contribution in [3.63, 3.8) is 0 Å². The largest absolute Gasteiger partial charge is 0.333 e. The van der Waals surface area contributed by atoms with Gasteiger partial charge in [0.1, 0.15) is 0 Å². The second-order valence-electron chi connectivity index (χ2n) is 4.54. The fourth-order valence-corrected chi connectivity index (χ4v) is 2.09. The summed E-state index contributed by atoms with van der Waals surface area (Å²) in [6.45, 7) is 4.04. The highest BCUT2D eigenvalue weighted by atomic mass is 16.2. The van der Waals surface area contributed by atoms with E-state index < -0.39 is 0 Å². The molecule has 2 fully saturated rings. The molecule has 0 aromatic carbocycles. The maximum Gasteiger partial charge on any atom is 0.317 e. The fourth-order valence-electron chi connectivity index (χ4n) is 2.09. The molecule has 74 valence electrons. The number of hydrogen-bond donors (Lipinski definition) is 1. The van der Waals surface area contributed by atoms with Crippen molar-refractivity contribution in [1.82, 2.24) is 10.2 Å². The molecule has 2 amide bonds. The van der Waals surface area contributed by atoms with Gasteiger partial charge < -0.3 is 10.2 Å². The number of carbonyl (C=O) groups is 1. The summed E-state index contributed by atoms with van der Waals surface area (Å²) in [6, 6.07) is 0.153. The topological polar surface area (TPSA) is 32.3 Å². The van der Waals surface area contributed by atoms with Gasteiger partial charge in [-0.05, 0) is 39.0 Å². The van der Waals surface area contributed by atoms with Crippen LogP contribution in [0.15, 0.2) is 0 Å². The Hall–Kier alpha value is -0.730. The normalized spacial score (nSPS) is 25.5. The zero-order valence-electron chi connectivity index (χ0n) is 8.31. The summed E-state index contributed by atoms with van der Waals surface area (Å²) in [5, 5.41) is 3.12. The van der Waals surface area contributed by atoms with Crippen molar-refractivity contribution >= 4 is 6.03 Å². The van der Waals surface area contributed by atoms with Gasteiger partial charge >= 0.3 is 6.03 Å². The van der Waals surface area contributed by atoms with Crippen LogP contribution < -0.4 is 5.32 Å². The molecule has 0 spiro atoms. The maximum atomic E-state index is 11.7. The summed E-state index contributed by atoms with van der Waals surface area (Å²) in [5.74, 6) is 0. The number of urea groups is 1. The third kappa shape index (κ3) is 1.79.